The van der Waals surface area contributed by atoms with E-state index in [1.165, 1.54) is 5.56 Å². The van der Waals surface area contributed by atoms with Crippen LogP contribution >= 0.6 is 0 Å². The molecule has 0 spiro atoms. The zero-order valence-electron chi connectivity index (χ0n) is 11.3. The maximum Gasteiger partial charge on any atom is 0.188 e. The van der Waals surface area contributed by atoms with Gasteiger partial charge in [-0.15, -0.1) is 0 Å². The third-order valence-electron chi connectivity index (χ3n) is 3.04. The Hall–Kier alpha value is -2.63. The number of nitrogens with zero attached hydrogens (tertiary/aromatic N) is 4. The molecule has 0 fully saturated rings. The molecule has 6 heteroatoms. The molecule has 6 nitrogen and oxygen atoms in total. The molecule has 2 heterocycles. The van der Waals surface area contributed by atoms with Crippen LogP contribution in [-0.2, 0) is 6.42 Å². The Bertz CT molecular complexity index is 585. The molecule has 20 heavy (non-hydrogen) atoms. The van der Waals surface area contributed by atoms with Crippen LogP contribution in [0.4, 0.5) is 5.69 Å². The summed E-state index contributed by atoms with van der Waals surface area (Å²) < 4.78 is 0. The van der Waals surface area contributed by atoms with Gasteiger partial charge < -0.3 is 15.8 Å². The zero-order chi connectivity index (χ0) is 14.4. The van der Waals surface area contributed by atoms with E-state index in [0.717, 1.165) is 18.7 Å². The lowest BCUT2D eigenvalue weighted by Crippen LogP contribution is -2.22. The normalized spacial score (nSPS) is 11.3. The average Bonchev–Trinajstić information content (AvgIpc) is 2.53. The summed E-state index contributed by atoms with van der Waals surface area (Å²) in [5.74, 6) is 0.00869. The molecule has 0 amide bonds. The van der Waals surface area contributed by atoms with E-state index in [1.807, 2.05) is 25.2 Å². The van der Waals surface area contributed by atoms with E-state index in [9.17, 15) is 0 Å². The second-order valence-corrected chi connectivity index (χ2v) is 4.41. The number of pyridine rings is 2. The van der Waals surface area contributed by atoms with Crippen LogP contribution in [0.25, 0.3) is 0 Å². The molecule has 0 atom stereocenters. The van der Waals surface area contributed by atoms with Crippen LogP contribution in [0.3, 0.4) is 0 Å². The lowest BCUT2D eigenvalue weighted by molar-refractivity contribution is 0.318. The van der Waals surface area contributed by atoms with Gasteiger partial charge in [-0.05, 0) is 36.2 Å². The Morgan fingerprint density at radius 3 is 2.75 bits per heavy atom. The molecule has 0 aromatic carbocycles. The van der Waals surface area contributed by atoms with Crippen molar-refractivity contribution in [3.63, 3.8) is 0 Å². The second kappa shape index (κ2) is 6.51. The highest BCUT2D eigenvalue weighted by molar-refractivity contribution is 5.95. The summed E-state index contributed by atoms with van der Waals surface area (Å²) in [7, 11) is 1.99. The van der Waals surface area contributed by atoms with Crippen molar-refractivity contribution >= 4 is 11.5 Å². The standard InChI is InChI=1S/C14H17N5O/c1-19(9-5-11-2-6-16-7-3-11)12-4-8-17-13(10-12)14(15)18-20/h2-4,6-8,10,20H,5,9H2,1H3,(H2,15,18). The smallest absolute Gasteiger partial charge is 0.188 e. The molecule has 2 aromatic heterocycles. The summed E-state index contributed by atoms with van der Waals surface area (Å²) >= 11 is 0. The summed E-state index contributed by atoms with van der Waals surface area (Å²) in [6.45, 7) is 0.851. The molecule has 0 radical (unpaired) electrons. The fraction of sp³-hybridized carbons (Fsp3) is 0.214. The number of aromatic nitrogens is 2. The molecule has 0 bridgehead atoms. The van der Waals surface area contributed by atoms with Gasteiger partial charge in [-0.2, -0.15) is 0 Å². The van der Waals surface area contributed by atoms with E-state index in [4.69, 9.17) is 10.9 Å². The Kier molecular flexibility index (Phi) is 4.49. The van der Waals surface area contributed by atoms with Crippen LogP contribution in [0, 0.1) is 0 Å². The molecule has 2 rings (SSSR count). The lowest BCUT2D eigenvalue weighted by atomic mass is 10.2. The maximum atomic E-state index is 8.67. The number of hydrogen-bond donors (Lipinski definition) is 2. The number of hydrogen-bond acceptors (Lipinski definition) is 5. The first-order chi connectivity index (χ1) is 9.70. The van der Waals surface area contributed by atoms with E-state index < -0.39 is 0 Å². The van der Waals surface area contributed by atoms with Crippen molar-refractivity contribution in [1.29, 1.82) is 0 Å². The Morgan fingerprint density at radius 1 is 1.30 bits per heavy atom. The summed E-state index contributed by atoms with van der Waals surface area (Å²) in [6, 6.07) is 7.69. The third kappa shape index (κ3) is 3.44. The van der Waals surface area contributed by atoms with Crippen LogP contribution < -0.4 is 10.6 Å². The van der Waals surface area contributed by atoms with E-state index >= 15 is 0 Å². The first kappa shape index (κ1) is 13.8. The summed E-state index contributed by atoms with van der Waals surface area (Å²) in [6.07, 6.45) is 6.14. The molecular weight excluding hydrogens is 254 g/mol. The number of oxime groups is 1. The predicted molar refractivity (Wildman–Crippen MR) is 78.0 cm³/mol. The molecule has 104 valence electrons. The number of rotatable bonds is 5. The summed E-state index contributed by atoms with van der Waals surface area (Å²) in [4.78, 5) is 10.2. The topological polar surface area (TPSA) is 87.6 Å². The zero-order valence-corrected chi connectivity index (χ0v) is 11.3. The van der Waals surface area contributed by atoms with Gasteiger partial charge in [0.2, 0.25) is 0 Å². The van der Waals surface area contributed by atoms with Gasteiger partial charge in [0, 0.05) is 37.9 Å². The Balaban J connectivity index is 2.04. The summed E-state index contributed by atoms with van der Waals surface area (Å²) in [5, 5.41) is 11.6. The number of nitrogens with two attached hydrogens (primary N) is 1. The van der Waals surface area contributed by atoms with Crippen molar-refractivity contribution in [1.82, 2.24) is 9.97 Å². The van der Waals surface area contributed by atoms with Gasteiger partial charge in [-0.1, -0.05) is 5.16 Å². The quantitative estimate of drug-likeness (QED) is 0.370. The molecular formula is C14H17N5O. The number of anilines is 1. The van der Waals surface area contributed by atoms with Crippen molar-refractivity contribution in [3.8, 4) is 0 Å². The number of amidine groups is 1. The van der Waals surface area contributed by atoms with Gasteiger partial charge in [0.05, 0.1) is 0 Å². The maximum absolute atomic E-state index is 8.67. The van der Waals surface area contributed by atoms with Crippen LogP contribution in [0.2, 0.25) is 0 Å². The molecule has 0 saturated carbocycles. The van der Waals surface area contributed by atoms with Gasteiger partial charge in [-0.3, -0.25) is 9.97 Å². The molecule has 0 unspecified atom stereocenters. The fourth-order valence-electron chi connectivity index (χ4n) is 1.82. The van der Waals surface area contributed by atoms with Crippen LogP contribution in [-0.4, -0.2) is 34.6 Å². The van der Waals surface area contributed by atoms with E-state index in [0.29, 0.717) is 5.69 Å². The van der Waals surface area contributed by atoms with Crippen molar-refractivity contribution in [3.05, 3.63) is 54.1 Å². The lowest BCUT2D eigenvalue weighted by Gasteiger charge is -2.19. The number of likely N-dealkylation sites (N-methyl/N-ethyl adjacent to an activating group) is 1. The average molecular weight is 271 g/mol. The fourth-order valence-corrected chi connectivity index (χ4v) is 1.82. The van der Waals surface area contributed by atoms with E-state index in [-0.39, 0.29) is 5.84 Å². The Labute approximate surface area is 117 Å². The van der Waals surface area contributed by atoms with Crippen molar-refractivity contribution in [2.45, 2.75) is 6.42 Å². The van der Waals surface area contributed by atoms with Crippen LogP contribution in [0.1, 0.15) is 11.3 Å². The largest absolute Gasteiger partial charge is 0.409 e. The first-order valence-electron chi connectivity index (χ1n) is 6.24. The van der Waals surface area contributed by atoms with Crippen molar-refractivity contribution < 1.29 is 5.21 Å². The second-order valence-electron chi connectivity index (χ2n) is 4.41. The van der Waals surface area contributed by atoms with Gasteiger partial charge >= 0.3 is 0 Å². The van der Waals surface area contributed by atoms with E-state index in [2.05, 4.69) is 20.0 Å². The van der Waals surface area contributed by atoms with Gasteiger partial charge in [0.1, 0.15) is 5.69 Å². The Morgan fingerprint density at radius 2 is 2.05 bits per heavy atom. The van der Waals surface area contributed by atoms with Crippen molar-refractivity contribution in [2.24, 2.45) is 10.9 Å². The molecule has 0 aliphatic carbocycles. The molecule has 3 N–H and O–H groups in total. The van der Waals surface area contributed by atoms with Gasteiger partial charge in [-0.25, -0.2) is 0 Å². The molecule has 0 aliphatic rings. The van der Waals surface area contributed by atoms with Crippen LogP contribution in [0.15, 0.2) is 48.0 Å². The predicted octanol–water partition coefficient (Wildman–Crippen LogP) is 1.25. The minimum atomic E-state index is 0.00869. The molecule has 2 aromatic rings. The third-order valence-corrected chi connectivity index (χ3v) is 3.04. The summed E-state index contributed by atoms with van der Waals surface area (Å²) in [5.41, 5.74) is 8.20. The van der Waals surface area contributed by atoms with Gasteiger partial charge in [0.15, 0.2) is 5.84 Å². The van der Waals surface area contributed by atoms with E-state index in [1.54, 1.807) is 24.7 Å². The monoisotopic (exact) mass is 271 g/mol. The van der Waals surface area contributed by atoms with Crippen LogP contribution in [0.5, 0.6) is 0 Å². The SMILES string of the molecule is CN(CCc1ccncc1)c1ccnc(C(N)=NO)c1. The molecule has 0 aliphatic heterocycles. The van der Waals surface area contributed by atoms with Crippen molar-refractivity contribution in [2.75, 3.05) is 18.5 Å². The minimum Gasteiger partial charge on any atom is -0.409 e. The highest BCUT2D eigenvalue weighted by Crippen LogP contribution is 2.13. The first-order valence-corrected chi connectivity index (χ1v) is 6.24. The highest BCUT2D eigenvalue weighted by atomic mass is 16.4. The highest BCUT2D eigenvalue weighted by Gasteiger charge is 2.06. The molecule has 0 saturated heterocycles. The van der Waals surface area contributed by atoms with Gasteiger partial charge in [0.25, 0.3) is 0 Å². The minimum absolute atomic E-state index is 0.00869.